The van der Waals surface area contributed by atoms with Gasteiger partial charge in [0.15, 0.2) is 0 Å². The maximum absolute atomic E-state index is 12.8. The molecule has 1 amide bonds. The molecular formula is C22H28N2O3S. The average molecular weight is 401 g/mol. The third-order valence-corrected chi connectivity index (χ3v) is 7.18. The smallest absolute Gasteiger partial charge is 0.243 e. The molecule has 0 saturated carbocycles. The van der Waals surface area contributed by atoms with E-state index in [1.165, 1.54) is 4.31 Å². The minimum atomic E-state index is -3.46. The molecule has 0 aliphatic carbocycles. The van der Waals surface area contributed by atoms with E-state index in [0.29, 0.717) is 43.7 Å². The SMILES string of the molecule is CCc1ccc(S(=O)(=O)N2CCC(NC(=O)CCc3ccccc3)CC2)cc1. The van der Waals surface area contributed by atoms with Gasteiger partial charge in [0.1, 0.15) is 0 Å². The van der Waals surface area contributed by atoms with Crippen LogP contribution in [0.1, 0.15) is 37.3 Å². The van der Waals surface area contributed by atoms with Crippen LogP contribution in [-0.2, 0) is 27.7 Å². The maximum atomic E-state index is 12.8. The van der Waals surface area contributed by atoms with Crippen molar-refractivity contribution >= 4 is 15.9 Å². The second-order valence-electron chi connectivity index (χ2n) is 7.23. The van der Waals surface area contributed by atoms with Gasteiger partial charge in [-0.15, -0.1) is 0 Å². The summed E-state index contributed by atoms with van der Waals surface area (Å²) in [6, 6.07) is 17.1. The van der Waals surface area contributed by atoms with Crippen molar-refractivity contribution in [1.29, 1.82) is 0 Å². The number of hydrogen-bond donors (Lipinski definition) is 1. The monoisotopic (exact) mass is 400 g/mol. The summed E-state index contributed by atoms with van der Waals surface area (Å²) in [6.45, 7) is 2.91. The first-order valence-corrected chi connectivity index (χ1v) is 11.4. The van der Waals surface area contributed by atoms with Gasteiger partial charge in [-0.25, -0.2) is 8.42 Å². The topological polar surface area (TPSA) is 66.5 Å². The number of carbonyl (C=O) groups is 1. The van der Waals surface area contributed by atoms with E-state index in [1.54, 1.807) is 12.1 Å². The van der Waals surface area contributed by atoms with Gasteiger partial charge in [0, 0.05) is 25.6 Å². The van der Waals surface area contributed by atoms with Gasteiger partial charge in [0.05, 0.1) is 4.90 Å². The van der Waals surface area contributed by atoms with E-state index < -0.39 is 10.0 Å². The predicted octanol–water partition coefficient (Wildman–Crippen LogP) is 3.15. The number of benzene rings is 2. The number of amides is 1. The number of aryl methyl sites for hydroxylation is 2. The zero-order chi connectivity index (χ0) is 20.0. The van der Waals surface area contributed by atoms with Gasteiger partial charge >= 0.3 is 0 Å². The van der Waals surface area contributed by atoms with E-state index in [-0.39, 0.29) is 11.9 Å². The number of nitrogens with zero attached hydrogens (tertiary/aromatic N) is 1. The highest BCUT2D eigenvalue weighted by atomic mass is 32.2. The zero-order valence-corrected chi connectivity index (χ0v) is 17.1. The molecule has 2 aromatic carbocycles. The first-order valence-electron chi connectivity index (χ1n) is 9.91. The van der Waals surface area contributed by atoms with Crippen LogP contribution in [-0.4, -0.2) is 37.8 Å². The maximum Gasteiger partial charge on any atom is 0.243 e. The molecule has 0 bridgehead atoms. The van der Waals surface area contributed by atoms with Crippen LogP contribution in [0.25, 0.3) is 0 Å². The van der Waals surface area contributed by atoms with Gasteiger partial charge in [0.2, 0.25) is 15.9 Å². The van der Waals surface area contributed by atoms with Crippen molar-refractivity contribution in [2.45, 2.75) is 50.0 Å². The fourth-order valence-corrected chi connectivity index (χ4v) is 4.96. The molecular weight excluding hydrogens is 372 g/mol. The van der Waals surface area contributed by atoms with E-state index in [0.717, 1.165) is 17.5 Å². The molecule has 0 spiro atoms. The van der Waals surface area contributed by atoms with Crippen molar-refractivity contribution in [1.82, 2.24) is 9.62 Å². The Kier molecular flexibility index (Phi) is 6.86. The lowest BCUT2D eigenvalue weighted by Crippen LogP contribution is -2.46. The van der Waals surface area contributed by atoms with Crippen LogP contribution in [0, 0.1) is 0 Å². The third-order valence-electron chi connectivity index (χ3n) is 5.27. The molecule has 150 valence electrons. The van der Waals surface area contributed by atoms with Crippen molar-refractivity contribution in [2.24, 2.45) is 0 Å². The van der Waals surface area contributed by atoms with Gasteiger partial charge in [-0.1, -0.05) is 49.4 Å². The Labute approximate surface area is 167 Å². The number of piperidine rings is 1. The number of sulfonamides is 1. The Morgan fingerprint density at radius 1 is 1.00 bits per heavy atom. The summed E-state index contributed by atoms with van der Waals surface area (Å²) in [4.78, 5) is 12.5. The van der Waals surface area contributed by atoms with E-state index >= 15 is 0 Å². The van der Waals surface area contributed by atoms with Crippen LogP contribution in [0.15, 0.2) is 59.5 Å². The molecule has 1 aliphatic rings. The number of rotatable bonds is 7. The van der Waals surface area contributed by atoms with Crippen LogP contribution in [0.2, 0.25) is 0 Å². The van der Waals surface area contributed by atoms with Crippen molar-refractivity contribution < 1.29 is 13.2 Å². The quantitative estimate of drug-likeness (QED) is 0.776. The largest absolute Gasteiger partial charge is 0.353 e. The van der Waals surface area contributed by atoms with Crippen LogP contribution in [0.3, 0.4) is 0 Å². The highest BCUT2D eigenvalue weighted by molar-refractivity contribution is 7.89. The van der Waals surface area contributed by atoms with Gasteiger partial charge < -0.3 is 5.32 Å². The average Bonchev–Trinajstić information content (AvgIpc) is 2.73. The molecule has 1 N–H and O–H groups in total. The molecule has 5 nitrogen and oxygen atoms in total. The lowest BCUT2D eigenvalue weighted by atomic mass is 10.1. The summed E-state index contributed by atoms with van der Waals surface area (Å²) in [7, 11) is -3.46. The third kappa shape index (κ3) is 5.20. The van der Waals surface area contributed by atoms with Crippen LogP contribution < -0.4 is 5.32 Å². The zero-order valence-electron chi connectivity index (χ0n) is 16.3. The molecule has 2 aromatic rings. The predicted molar refractivity (Wildman–Crippen MR) is 111 cm³/mol. The molecule has 0 aromatic heterocycles. The second-order valence-corrected chi connectivity index (χ2v) is 9.17. The number of nitrogens with one attached hydrogen (secondary N) is 1. The van der Waals surface area contributed by atoms with E-state index in [1.807, 2.05) is 49.4 Å². The fraction of sp³-hybridized carbons (Fsp3) is 0.409. The van der Waals surface area contributed by atoms with Gasteiger partial charge in [-0.05, 0) is 48.9 Å². The highest BCUT2D eigenvalue weighted by Crippen LogP contribution is 2.21. The molecule has 0 radical (unpaired) electrons. The van der Waals surface area contributed by atoms with Gasteiger partial charge in [0.25, 0.3) is 0 Å². The minimum Gasteiger partial charge on any atom is -0.353 e. The Hall–Kier alpha value is -2.18. The van der Waals surface area contributed by atoms with Crippen molar-refractivity contribution in [3.05, 3.63) is 65.7 Å². The summed E-state index contributed by atoms with van der Waals surface area (Å²) in [5.74, 6) is 0.0281. The van der Waals surface area contributed by atoms with Crippen molar-refractivity contribution in [2.75, 3.05) is 13.1 Å². The molecule has 6 heteroatoms. The molecule has 28 heavy (non-hydrogen) atoms. The first kappa shape index (κ1) is 20.6. The number of hydrogen-bond acceptors (Lipinski definition) is 3. The first-order chi connectivity index (χ1) is 13.5. The molecule has 1 saturated heterocycles. The Bertz CT molecular complexity index is 872. The minimum absolute atomic E-state index is 0.0281. The van der Waals surface area contributed by atoms with E-state index in [2.05, 4.69) is 5.32 Å². The van der Waals surface area contributed by atoms with Crippen LogP contribution in [0.5, 0.6) is 0 Å². The Balaban J connectivity index is 1.48. The Morgan fingerprint density at radius 2 is 1.64 bits per heavy atom. The molecule has 1 fully saturated rings. The molecule has 3 rings (SSSR count). The van der Waals surface area contributed by atoms with Crippen molar-refractivity contribution in [3.63, 3.8) is 0 Å². The summed E-state index contributed by atoms with van der Waals surface area (Å²) in [5.41, 5.74) is 2.27. The van der Waals surface area contributed by atoms with Crippen LogP contribution >= 0.6 is 0 Å². The second kappa shape index (κ2) is 9.34. The summed E-state index contributed by atoms with van der Waals surface area (Å²) in [6.07, 6.45) is 3.34. The Morgan fingerprint density at radius 3 is 2.25 bits per heavy atom. The van der Waals surface area contributed by atoms with E-state index in [4.69, 9.17) is 0 Å². The normalized spacial score (nSPS) is 16.0. The lowest BCUT2D eigenvalue weighted by molar-refractivity contribution is -0.122. The molecule has 0 unspecified atom stereocenters. The molecule has 1 heterocycles. The molecule has 0 atom stereocenters. The standard InChI is InChI=1S/C22H28N2O3S/c1-2-18-8-11-21(12-9-18)28(26,27)24-16-14-20(15-17-24)23-22(25)13-10-19-6-4-3-5-7-19/h3-9,11-12,20H,2,10,13-17H2,1H3,(H,23,25). The summed E-state index contributed by atoms with van der Waals surface area (Å²) < 4.78 is 27.2. The summed E-state index contributed by atoms with van der Waals surface area (Å²) >= 11 is 0. The lowest BCUT2D eigenvalue weighted by Gasteiger charge is -2.31. The number of carbonyl (C=O) groups excluding carboxylic acids is 1. The van der Waals surface area contributed by atoms with Gasteiger partial charge in [-0.2, -0.15) is 4.31 Å². The van der Waals surface area contributed by atoms with Crippen molar-refractivity contribution in [3.8, 4) is 0 Å². The highest BCUT2D eigenvalue weighted by Gasteiger charge is 2.29. The molecule has 1 aliphatic heterocycles. The van der Waals surface area contributed by atoms with Crippen LogP contribution in [0.4, 0.5) is 0 Å². The van der Waals surface area contributed by atoms with E-state index in [9.17, 15) is 13.2 Å². The summed E-state index contributed by atoms with van der Waals surface area (Å²) in [5, 5.41) is 3.06. The fourth-order valence-electron chi connectivity index (χ4n) is 3.49. The van der Waals surface area contributed by atoms with Gasteiger partial charge in [-0.3, -0.25) is 4.79 Å².